The monoisotopic (exact) mass is 274 g/mol. The number of nitrogens with two attached hydrogens (primary N) is 1. The molecule has 2 amide bonds. The van der Waals surface area contributed by atoms with Crippen molar-refractivity contribution in [2.45, 2.75) is 50.5 Å². The Balaban J connectivity index is 2.30. The van der Waals surface area contributed by atoms with E-state index in [1.54, 1.807) is 13.8 Å². The molecule has 1 fully saturated rings. The van der Waals surface area contributed by atoms with Crippen molar-refractivity contribution in [3.63, 3.8) is 0 Å². The lowest BCUT2D eigenvalue weighted by molar-refractivity contribution is -0.133. The normalized spacial score (nSPS) is 17.7. The molecule has 3 N–H and O–H groups in total. The maximum Gasteiger partial charge on any atom is 0.242 e. The second-order valence-corrected chi connectivity index (χ2v) is 6.10. The summed E-state index contributed by atoms with van der Waals surface area (Å²) < 4.78 is 0. The number of nitrogens with one attached hydrogen (secondary N) is 1. The Morgan fingerprint density at radius 2 is 1.70 bits per heavy atom. The molecule has 108 valence electrons. The van der Waals surface area contributed by atoms with Crippen molar-refractivity contribution in [1.82, 2.24) is 5.32 Å². The van der Waals surface area contributed by atoms with Crippen LogP contribution in [0.2, 0.25) is 0 Å². The van der Waals surface area contributed by atoms with Crippen molar-refractivity contribution in [3.05, 3.63) is 35.9 Å². The number of rotatable bonds is 4. The molecule has 0 spiro atoms. The second-order valence-electron chi connectivity index (χ2n) is 6.10. The zero-order valence-corrected chi connectivity index (χ0v) is 12.1. The minimum Gasteiger partial charge on any atom is -0.368 e. The number of carbonyl (C=O) groups excluding carboxylic acids is 2. The number of hydrogen-bond donors (Lipinski definition) is 2. The van der Waals surface area contributed by atoms with Gasteiger partial charge in [0, 0.05) is 0 Å². The molecule has 20 heavy (non-hydrogen) atoms. The first-order chi connectivity index (χ1) is 9.38. The van der Waals surface area contributed by atoms with Gasteiger partial charge >= 0.3 is 0 Å². The van der Waals surface area contributed by atoms with Gasteiger partial charge in [-0.1, -0.05) is 43.2 Å². The number of primary amides is 1. The fourth-order valence-electron chi connectivity index (χ4n) is 2.85. The van der Waals surface area contributed by atoms with Crippen LogP contribution >= 0.6 is 0 Å². The first-order valence-corrected chi connectivity index (χ1v) is 7.06. The largest absolute Gasteiger partial charge is 0.368 e. The van der Waals surface area contributed by atoms with Crippen LogP contribution in [0.25, 0.3) is 0 Å². The molecule has 0 unspecified atom stereocenters. The summed E-state index contributed by atoms with van der Waals surface area (Å²) in [6.45, 7) is 3.28. The van der Waals surface area contributed by atoms with E-state index in [1.807, 2.05) is 30.3 Å². The fraction of sp³-hybridized carbons (Fsp3) is 0.500. The van der Waals surface area contributed by atoms with E-state index in [4.69, 9.17) is 5.73 Å². The number of carbonyl (C=O) groups is 2. The van der Waals surface area contributed by atoms with E-state index in [1.165, 1.54) is 0 Å². The van der Waals surface area contributed by atoms with E-state index < -0.39 is 16.9 Å². The van der Waals surface area contributed by atoms with Gasteiger partial charge in [-0.15, -0.1) is 0 Å². The maximum absolute atomic E-state index is 12.8. The minimum absolute atomic E-state index is 0.0926. The molecule has 4 nitrogen and oxygen atoms in total. The third kappa shape index (κ3) is 2.55. The molecular formula is C16H22N2O2. The molecule has 0 atom stereocenters. The van der Waals surface area contributed by atoms with Crippen molar-refractivity contribution >= 4 is 11.8 Å². The highest BCUT2D eigenvalue weighted by atomic mass is 16.2. The molecule has 0 bridgehead atoms. The summed E-state index contributed by atoms with van der Waals surface area (Å²) in [5.41, 5.74) is 4.82. The quantitative estimate of drug-likeness (QED) is 0.880. The Morgan fingerprint density at radius 1 is 1.15 bits per heavy atom. The standard InChI is InChI=1S/C16H22N2O2/c1-15(2,13(17)19)18-14(20)16(10-6-7-11-16)12-8-4-3-5-9-12/h3-5,8-9H,6-7,10-11H2,1-2H3,(H2,17,19)(H,18,20). The Morgan fingerprint density at radius 3 is 2.20 bits per heavy atom. The smallest absolute Gasteiger partial charge is 0.242 e. The predicted octanol–water partition coefficient (Wildman–Crippen LogP) is 1.88. The van der Waals surface area contributed by atoms with Crippen LogP contribution < -0.4 is 11.1 Å². The third-order valence-electron chi connectivity index (χ3n) is 4.26. The molecule has 1 aliphatic carbocycles. The molecule has 0 aliphatic heterocycles. The van der Waals surface area contributed by atoms with Crippen molar-refractivity contribution in [2.75, 3.05) is 0 Å². The topological polar surface area (TPSA) is 72.2 Å². The van der Waals surface area contributed by atoms with Crippen LogP contribution in [0, 0.1) is 0 Å². The maximum atomic E-state index is 12.8. The lowest BCUT2D eigenvalue weighted by Crippen LogP contribution is -2.57. The molecule has 0 radical (unpaired) electrons. The summed E-state index contributed by atoms with van der Waals surface area (Å²) in [5, 5.41) is 2.82. The molecular weight excluding hydrogens is 252 g/mol. The van der Waals surface area contributed by atoms with Crippen LogP contribution in [0.15, 0.2) is 30.3 Å². The number of benzene rings is 1. The van der Waals surface area contributed by atoms with Gasteiger partial charge in [0.15, 0.2) is 0 Å². The zero-order valence-electron chi connectivity index (χ0n) is 12.1. The summed E-state index contributed by atoms with van der Waals surface area (Å²) in [7, 11) is 0. The van der Waals surface area contributed by atoms with E-state index in [0.29, 0.717) is 0 Å². The van der Waals surface area contributed by atoms with Crippen LogP contribution in [0.1, 0.15) is 45.1 Å². The Kier molecular flexibility index (Phi) is 3.84. The summed E-state index contributed by atoms with van der Waals surface area (Å²) >= 11 is 0. The van der Waals surface area contributed by atoms with E-state index >= 15 is 0 Å². The van der Waals surface area contributed by atoms with Crippen LogP contribution in [0.5, 0.6) is 0 Å². The van der Waals surface area contributed by atoms with Gasteiger partial charge in [-0.3, -0.25) is 9.59 Å². The highest BCUT2D eigenvalue weighted by Crippen LogP contribution is 2.41. The number of amides is 2. The number of hydrogen-bond acceptors (Lipinski definition) is 2. The average Bonchev–Trinajstić information content (AvgIpc) is 2.89. The van der Waals surface area contributed by atoms with Gasteiger partial charge < -0.3 is 11.1 Å². The van der Waals surface area contributed by atoms with Crippen molar-refractivity contribution in [2.24, 2.45) is 5.73 Å². The van der Waals surface area contributed by atoms with Gasteiger partial charge in [0.1, 0.15) is 5.54 Å². The lowest BCUT2D eigenvalue weighted by atomic mass is 9.77. The van der Waals surface area contributed by atoms with Crippen LogP contribution in [0.3, 0.4) is 0 Å². The van der Waals surface area contributed by atoms with Gasteiger partial charge in [-0.05, 0) is 32.3 Å². The van der Waals surface area contributed by atoms with E-state index in [0.717, 1.165) is 31.2 Å². The summed E-state index contributed by atoms with van der Waals surface area (Å²) in [6.07, 6.45) is 3.69. The van der Waals surface area contributed by atoms with Crippen molar-refractivity contribution < 1.29 is 9.59 Å². The van der Waals surface area contributed by atoms with E-state index in [2.05, 4.69) is 5.32 Å². The van der Waals surface area contributed by atoms with Gasteiger partial charge in [0.25, 0.3) is 0 Å². The fourth-order valence-corrected chi connectivity index (χ4v) is 2.85. The second kappa shape index (κ2) is 5.27. The Hall–Kier alpha value is -1.84. The van der Waals surface area contributed by atoms with Gasteiger partial charge in [0.05, 0.1) is 5.41 Å². The van der Waals surface area contributed by atoms with Crippen molar-refractivity contribution in [3.8, 4) is 0 Å². The SMILES string of the molecule is CC(C)(NC(=O)C1(c2ccccc2)CCCC1)C(N)=O. The summed E-state index contributed by atoms with van der Waals surface area (Å²) in [6, 6.07) is 9.81. The molecule has 0 saturated heterocycles. The molecule has 0 aromatic heterocycles. The summed E-state index contributed by atoms with van der Waals surface area (Å²) in [4.78, 5) is 24.2. The molecule has 1 aromatic carbocycles. The van der Waals surface area contributed by atoms with Crippen LogP contribution in [-0.2, 0) is 15.0 Å². The van der Waals surface area contributed by atoms with Crippen LogP contribution in [-0.4, -0.2) is 17.4 Å². The van der Waals surface area contributed by atoms with Gasteiger partial charge in [0.2, 0.25) is 11.8 Å². The minimum atomic E-state index is -1.03. The van der Waals surface area contributed by atoms with Crippen molar-refractivity contribution in [1.29, 1.82) is 0 Å². The van der Waals surface area contributed by atoms with Gasteiger partial charge in [-0.2, -0.15) is 0 Å². The lowest BCUT2D eigenvalue weighted by Gasteiger charge is -2.32. The molecule has 1 aromatic rings. The molecule has 1 saturated carbocycles. The van der Waals surface area contributed by atoms with Gasteiger partial charge in [-0.25, -0.2) is 0 Å². The highest BCUT2D eigenvalue weighted by molar-refractivity contribution is 5.94. The average molecular weight is 274 g/mol. The Bertz CT molecular complexity index is 502. The summed E-state index contributed by atoms with van der Waals surface area (Å²) in [5.74, 6) is -0.614. The van der Waals surface area contributed by atoms with E-state index in [-0.39, 0.29) is 5.91 Å². The molecule has 1 aliphatic rings. The predicted molar refractivity (Wildman–Crippen MR) is 78.0 cm³/mol. The third-order valence-corrected chi connectivity index (χ3v) is 4.26. The highest BCUT2D eigenvalue weighted by Gasteiger charge is 2.44. The van der Waals surface area contributed by atoms with Crippen LogP contribution in [0.4, 0.5) is 0 Å². The first-order valence-electron chi connectivity index (χ1n) is 7.06. The molecule has 4 heteroatoms. The Labute approximate surface area is 119 Å². The zero-order chi connectivity index (χ0) is 14.8. The molecule has 2 rings (SSSR count). The first kappa shape index (κ1) is 14.6. The van der Waals surface area contributed by atoms with E-state index in [9.17, 15) is 9.59 Å². The molecule has 0 heterocycles.